The van der Waals surface area contributed by atoms with Gasteiger partial charge in [0.05, 0.1) is 0 Å². The minimum absolute atomic E-state index is 0.911. The van der Waals surface area contributed by atoms with Crippen LogP contribution in [0.1, 0.15) is 12.7 Å². The molecule has 80 valence electrons. The van der Waals surface area contributed by atoms with Gasteiger partial charge < -0.3 is 0 Å². The predicted octanol–water partition coefficient (Wildman–Crippen LogP) is 3.04. The highest BCUT2D eigenvalue weighted by atomic mass is 32.1. The molecule has 3 aromatic heterocycles. The van der Waals surface area contributed by atoms with Crippen LogP contribution >= 0.6 is 11.3 Å². The van der Waals surface area contributed by atoms with Gasteiger partial charge in [-0.15, -0.1) is 11.3 Å². The molecule has 3 rings (SSSR count). The highest BCUT2D eigenvalue weighted by Gasteiger charge is 2.11. The minimum atomic E-state index is 0.911. The van der Waals surface area contributed by atoms with Crippen molar-refractivity contribution in [2.24, 2.45) is 0 Å². The largest absolute Gasteiger partial charge is 0.271 e. The van der Waals surface area contributed by atoms with Gasteiger partial charge in [-0.2, -0.15) is 0 Å². The van der Waals surface area contributed by atoms with Crippen LogP contribution in [0, 0.1) is 0 Å². The Morgan fingerprint density at radius 3 is 3.00 bits per heavy atom. The van der Waals surface area contributed by atoms with Crippen LogP contribution in [0.4, 0.5) is 0 Å². The summed E-state index contributed by atoms with van der Waals surface area (Å²) < 4.78 is 2.14. The van der Waals surface area contributed by atoms with Crippen LogP contribution < -0.4 is 0 Å². The number of pyridine rings is 1. The van der Waals surface area contributed by atoms with Crippen molar-refractivity contribution >= 4 is 22.5 Å². The topological polar surface area (TPSA) is 30.7 Å². The Hall–Kier alpha value is -1.68. The molecule has 0 aliphatic carbocycles. The molecular weight excluding hydrogens is 218 g/mol. The Morgan fingerprint density at radius 1 is 1.31 bits per heavy atom. The van der Waals surface area contributed by atoms with E-state index < -0.39 is 0 Å². The number of rotatable bonds is 2. The lowest BCUT2D eigenvalue weighted by Gasteiger charge is -2.03. The highest BCUT2D eigenvalue weighted by Crippen LogP contribution is 2.23. The second kappa shape index (κ2) is 3.72. The van der Waals surface area contributed by atoms with Crippen LogP contribution in [0.2, 0.25) is 0 Å². The van der Waals surface area contributed by atoms with Crippen LogP contribution in [0.5, 0.6) is 0 Å². The molecule has 3 heterocycles. The van der Waals surface area contributed by atoms with Crippen LogP contribution in [0.3, 0.4) is 0 Å². The fourth-order valence-electron chi connectivity index (χ4n) is 1.83. The summed E-state index contributed by atoms with van der Waals surface area (Å²) in [6, 6.07) is 8.08. The van der Waals surface area contributed by atoms with Gasteiger partial charge in [-0.25, -0.2) is 9.97 Å². The zero-order valence-electron chi connectivity index (χ0n) is 8.92. The molecule has 0 saturated carbocycles. The second-order valence-electron chi connectivity index (χ2n) is 3.51. The summed E-state index contributed by atoms with van der Waals surface area (Å²) >= 11 is 1.71. The molecule has 4 heteroatoms. The Balaban J connectivity index is 2.36. The van der Waals surface area contributed by atoms with Crippen LogP contribution in [0.25, 0.3) is 16.2 Å². The molecule has 0 atom stereocenters. The fourth-order valence-corrected chi connectivity index (χ4v) is 2.58. The first kappa shape index (κ1) is 9.54. The van der Waals surface area contributed by atoms with Gasteiger partial charge in [-0.05, 0) is 29.6 Å². The second-order valence-corrected chi connectivity index (χ2v) is 4.44. The van der Waals surface area contributed by atoms with E-state index in [1.165, 1.54) is 5.00 Å². The van der Waals surface area contributed by atoms with Crippen molar-refractivity contribution < 1.29 is 0 Å². The summed E-state index contributed by atoms with van der Waals surface area (Å²) in [4.78, 5) is 9.01. The van der Waals surface area contributed by atoms with Gasteiger partial charge in [-0.3, -0.25) is 4.57 Å². The van der Waals surface area contributed by atoms with Crippen molar-refractivity contribution in [1.29, 1.82) is 0 Å². The number of thiophene rings is 1. The SMILES string of the molecule is CCc1nc2cccnc2n1-c1cccs1. The lowest BCUT2D eigenvalue weighted by Crippen LogP contribution is -1.98. The number of hydrogen-bond donors (Lipinski definition) is 0. The molecular formula is C12H11N3S. The van der Waals surface area contributed by atoms with Crippen molar-refractivity contribution in [3.63, 3.8) is 0 Å². The van der Waals surface area contributed by atoms with E-state index in [4.69, 9.17) is 0 Å². The Morgan fingerprint density at radius 2 is 2.25 bits per heavy atom. The summed E-state index contributed by atoms with van der Waals surface area (Å²) in [6.45, 7) is 2.12. The number of fused-ring (bicyclic) bond motifs is 1. The van der Waals surface area contributed by atoms with Gasteiger partial charge in [-0.1, -0.05) is 6.92 Å². The average Bonchev–Trinajstić information content (AvgIpc) is 2.94. The van der Waals surface area contributed by atoms with Crippen molar-refractivity contribution in [2.45, 2.75) is 13.3 Å². The van der Waals surface area contributed by atoms with Crippen LogP contribution in [0.15, 0.2) is 35.8 Å². The van der Waals surface area contributed by atoms with E-state index in [1.54, 1.807) is 11.3 Å². The quantitative estimate of drug-likeness (QED) is 0.676. The maximum absolute atomic E-state index is 4.59. The third kappa shape index (κ3) is 1.34. The maximum atomic E-state index is 4.59. The van der Waals surface area contributed by atoms with Gasteiger partial charge >= 0.3 is 0 Å². The molecule has 0 N–H and O–H groups in total. The molecule has 16 heavy (non-hydrogen) atoms. The Bertz CT molecular complexity index is 610. The van der Waals surface area contributed by atoms with Crippen LogP contribution in [-0.4, -0.2) is 14.5 Å². The maximum Gasteiger partial charge on any atom is 0.165 e. The first-order chi connectivity index (χ1) is 7.90. The molecule has 0 unspecified atom stereocenters. The molecule has 0 spiro atoms. The van der Waals surface area contributed by atoms with E-state index >= 15 is 0 Å². The zero-order chi connectivity index (χ0) is 11.0. The molecule has 3 nitrogen and oxygen atoms in total. The van der Waals surface area contributed by atoms with E-state index in [0.29, 0.717) is 0 Å². The predicted molar refractivity (Wildman–Crippen MR) is 66.1 cm³/mol. The average molecular weight is 229 g/mol. The first-order valence-electron chi connectivity index (χ1n) is 5.26. The number of aromatic nitrogens is 3. The molecule has 0 fully saturated rings. The van der Waals surface area contributed by atoms with E-state index in [2.05, 4.69) is 32.9 Å². The summed E-state index contributed by atoms with van der Waals surface area (Å²) in [6.07, 6.45) is 2.72. The Labute approximate surface area is 97.4 Å². The standard InChI is InChI=1S/C12H11N3S/c1-2-10-14-9-5-3-7-13-12(9)15(10)11-6-4-8-16-11/h3-8H,2H2,1H3. The van der Waals surface area contributed by atoms with Gasteiger partial charge in [0.2, 0.25) is 0 Å². The van der Waals surface area contributed by atoms with Crippen molar-refractivity contribution in [3.05, 3.63) is 41.7 Å². The summed E-state index contributed by atoms with van der Waals surface area (Å²) in [7, 11) is 0. The lowest BCUT2D eigenvalue weighted by atomic mass is 10.4. The van der Waals surface area contributed by atoms with Gasteiger partial charge in [0.1, 0.15) is 16.3 Å². The van der Waals surface area contributed by atoms with E-state index in [-0.39, 0.29) is 0 Å². The number of hydrogen-bond acceptors (Lipinski definition) is 3. The van der Waals surface area contributed by atoms with Gasteiger partial charge in [0.15, 0.2) is 5.65 Å². The molecule has 0 aliphatic rings. The molecule has 3 aromatic rings. The van der Waals surface area contributed by atoms with E-state index in [9.17, 15) is 0 Å². The number of aryl methyl sites for hydroxylation is 1. The van der Waals surface area contributed by atoms with Crippen molar-refractivity contribution in [2.75, 3.05) is 0 Å². The molecule has 0 saturated heterocycles. The first-order valence-corrected chi connectivity index (χ1v) is 6.14. The number of imidazole rings is 1. The summed E-state index contributed by atoms with van der Waals surface area (Å²) in [5.41, 5.74) is 1.91. The van der Waals surface area contributed by atoms with Gasteiger partial charge in [0, 0.05) is 12.6 Å². The van der Waals surface area contributed by atoms with Crippen molar-refractivity contribution in [1.82, 2.24) is 14.5 Å². The molecule has 0 aliphatic heterocycles. The molecule has 0 bridgehead atoms. The number of nitrogens with zero attached hydrogens (tertiary/aromatic N) is 3. The zero-order valence-corrected chi connectivity index (χ0v) is 9.74. The third-order valence-corrected chi connectivity index (χ3v) is 3.38. The highest BCUT2D eigenvalue weighted by molar-refractivity contribution is 7.12. The summed E-state index contributed by atoms with van der Waals surface area (Å²) in [5, 5.41) is 3.25. The third-order valence-electron chi connectivity index (χ3n) is 2.53. The fraction of sp³-hybridized carbons (Fsp3) is 0.167. The minimum Gasteiger partial charge on any atom is -0.271 e. The van der Waals surface area contributed by atoms with Gasteiger partial charge in [0.25, 0.3) is 0 Å². The normalized spacial score (nSPS) is 11.1. The molecule has 0 aromatic carbocycles. The van der Waals surface area contributed by atoms with E-state index in [1.807, 2.05) is 24.4 Å². The summed E-state index contributed by atoms with van der Waals surface area (Å²) in [5.74, 6) is 1.07. The lowest BCUT2D eigenvalue weighted by molar-refractivity contribution is 0.912. The smallest absolute Gasteiger partial charge is 0.165 e. The van der Waals surface area contributed by atoms with E-state index in [0.717, 1.165) is 23.4 Å². The monoisotopic (exact) mass is 229 g/mol. The molecule has 0 amide bonds. The van der Waals surface area contributed by atoms with Crippen LogP contribution in [-0.2, 0) is 6.42 Å². The molecule has 0 radical (unpaired) electrons. The Kier molecular flexibility index (Phi) is 2.22. The van der Waals surface area contributed by atoms with Crippen molar-refractivity contribution in [3.8, 4) is 5.00 Å².